The average Bonchev–Trinajstić information content (AvgIpc) is 2.53. The number of carbonyl (C=O) groups is 1. The lowest BCUT2D eigenvalue weighted by atomic mass is 10.2. The summed E-state index contributed by atoms with van der Waals surface area (Å²) in [4.78, 5) is 12.4. The highest BCUT2D eigenvalue weighted by atomic mass is 32.2. The van der Waals surface area contributed by atoms with Crippen molar-refractivity contribution in [2.75, 3.05) is 19.0 Å². The van der Waals surface area contributed by atoms with Crippen LogP contribution >= 0.6 is 11.8 Å². The molecule has 0 N–H and O–H groups in total. The number of hydrogen-bond donors (Lipinski definition) is 0. The molecule has 0 fully saturated rings. The van der Waals surface area contributed by atoms with Crippen molar-refractivity contribution in [3.05, 3.63) is 54.1 Å². The van der Waals surface area contributed by atoms with Gasteiger partial charge in [-0.15, -0.1) is 11.8 Å². The fourth-order valence-corrected chi connectivity index (χ4v) is 2.67. The van der Waals surface area contributed by atoms with Crippen LogP contribution in [0.25, 0.3) is 0 Å². The Bertz CT molecular complexity index is 608. The summed E-state index contributed by atoms with van der Waals surface area (Å²) < 4.78 is 11.3. The topological polar surface area (TPSA) is 35.5 Å². The monoisotopic (exact) mass is 316 g/mol. The van der Waals surface area contributed by atoms with Crippen LogP contribution < -0.4 is 9.47 Å². The Kier molecular flexibility index (Phi) is 6.34. The molecule has 0 radical (unpaired) electrons. The molecule has 0 spiro atoms. The van der Waals surface area contributed by atoms with Crippen molar-refractivity contribution in [2.24, 2.45) is 0 Å². The van der Waals surface area contributed by atoms with Crippen LogP contribution in [0.3, 0.4) is 0 Å². The van der Waals surface area contributed by atoms with E-state index in [-0.39, 0.29) is 5.78 Å². The van der Waals surface area contributed by atoms with E-state index >= 15 is 0 Å². The second kappa shape index (κ2) is 8.49. The van der Waals surface area contributed by atoms with Crippen LogP contribution in [0.15, 0.2) is 53.4 Å². The van der Waals surface area contributed by atoms with Crippen molar-refractivity contribution in [1.82, 2.24) is 0 Å². The molecule has 0 saturated carbocycles. The van der Waals surface area contributed by atoms with E-state index in [0.29, 0.717) is 13.2 Å². The molecule has 2 aromatic carbocycles. The summed E-state index contributed by atoms with van der Waals surface area (Å²) in [6.07, 6.45) is 0. The maximum Gasteiger partial charge on any atom is 0.161 e. The van der Waals surface area contributed by atoms with Crippen LogP contribution in [-0.2, 0) is 0 Å². The van der Waals surface area contributed by atoms with Crippen LogP contribution in [0.2, 0.25) is 0 Å². The first-order valence-corrected chi connectivity index (χ1v) is 8.27. The molecule has 0 bridgehead atoms. The fourth-order valence-electron chi connectivity index (χ4n) is 1.94. The molecule has 0 amide bonds. The second-order valence-corrected chi connectivity index (χ2v) is 5.83. The molecular formula is C18H20O3S. The molecule has 3 nitrogen and oxygen atoms in total. The summed E-state index contributed by atoms with van der Waals surface area (Å²) >= 11 is 1.70. The molecule has 0 aliphatic heterocycles. The van der Waals surface area contributed by atoms with Gasteiger partial charge in [0.05, 0.1) is 13.2 Å². The van der Waals surface area contributed by atoms with Crippen LogP contribution in [0.1, 0.15) is 24.2 Å². The van der Waals surface area contributed by atoms with Gasteiger partial charge in [-0.1, -0.05) is 24.3 Å². The van der Waals surface area contributed by atoms with Crippen molar-refractivity contribution in [3.8, 4) is 11.5 Å². The van der Waals surface area contributed by atoms with Crippen molar-refractivity contribution in [1.29, 1.82) is 0 Å². The van der Waals surface area contributed by atoms with E-state index in [0.717, 1.165) is 27.7 Å². The number of carbonyl (C=O) groups excluding carboxylic acids is 1. The Labute approximate surface area is 135 Å². The highest BCUT2D eigenvalue weighted by Crippen LogP contribution is 2.27. The first-order chi connectivity index (χ1) is 10.7. The van der Waals surface area contributed by atoms with E-state index in [2.05, 4.69) is 0 Å². The smallest absolute Gasteiger partial charge is 0.161 e. The highest BCUT2D eigenvalue weighted by Gasteiger charge is 2.04. The minimum absolute atomic E-state index is 0.0902. The van der Waals surface area contributed by atoms with Gasteiger partial charge in [-0.25, -0.2) is 0 Å². The molecule has 0 unspecified atom stereocenters. The molecule has 22 heavy (non-hydrogen) atoms. The van der Waals surface area contributed by atoms with Crippen LogP contribution in [0.5, 0.6) is 11.5 Å². The molecule has 2 aromatic rings. The van der Waals surface area contributed by atoms with E-state index < -0.39 is 0 Å². The number of thioether (sulfide) groups is 1. The second-order valence-electron chi connectivity index (χ2n) is 4.66. The van der Waals surface area contributed by atoms with Crippen LogP contribution in [0, 0.1) is 0 Å². The lowest BCUT2D eigenvalue weighted by Gasteiger charge is -2.11. The van der Waals surface area contributed by atoms with E-state index in [4.69, 9.17) is 9.47 Å². The lowest BCUT2D eigenvalue weighted by Crippen LogP contribution is -2.02. The Hall–Kier alpha value is -1.94. The highest BCUT2D eigenvalue weighted by molar-refractivity contribution is 7.99. The van der Waals surface area contributed by atoms with Crippen molar-refractivity contribution in [3.63, 3.8) is 0 Å². The van der Waals surface area contributed by atoms with E-state index in [1.54, 1.807) is 18.7 Å². The zero-order valence-electron chi connectivity index (χ0n) is 12.9. The molecular weight excluding hydrogens is 296 g/mol. The predicted octanol–water partition coefficient (Wildman–Crippen LogP) is 4.46. The number of ether oxygens (including phenoxy) is 2. The van der Waals surface area contributed by atoms with Gasteiger partial charge in [0.2, 0.25) is 0 Å². The van der Waals surface area contributed by atoms with Gasteiger partial charge in [0.25, 0.3) is 0 Å². The summed E-state index contributed by atoms with van der Waals surface area (Å²) in [6, 6.07) is 15.3. The summed E-state index contributed by atoms with van der Waals surface area (Å²) in [5.74, 6) is 2.48. The maximum absolute atomic E-state index is 11.2. The maximum atomic E-state index is 11.2. The number of benzene rings is 2. The van der Waals surface area contributed by atoms with Gasteiger partial charge in [0.15, 0.2) is 17.3 Å². The Morgan fingerprint density at radius 2 is 1.64 bits per heavy atom. The van der Waals surface area contributed by atoms with Crippen molar-refractivity contribution in [2.45, 2.75) is 18.7 Å². The summed E-state index contributed by atoms with van der Waals surface area (Å²) in [7, 11) is 0. The number of Topliss-reactive ketones (excluding diaryl/α,β-unsaturated/α-hetero) is 1. The largest absolute Gasteiger partial charge is 0.490 e. The molecule has 0 aromatic heterocycles. The molecule has 2 rings (SSSR count). The number of rotatable bonds is 8. The first kappa shape index (κ1) is 16.4. The van der Waals surface area contributed by atoms with E-state index in [1.165, 1.54) is 0 Å². The molecule has 0 aliphatic rings. The Morgan fingerprint density at radius 3 is 2.23 bits per heavy atom. The van der Waals surface area contributed by atoms with Gasteiger partial charge < -0.3 is 9.47 Å². The fraction of sp³-hybridized carbons (Fsp3) is 0.278. The minimum Gasteiger partial charge on any atom is -0.490 e. The lowest BCUT2D eigenvalue weighted by molar-refractivity contribution is 0.101. The van der Waals surface area contributed by atoms with Gasteiger partial charge in [-0.05, 0) is 38.1 Å². The van der Waals surface area contributed by atoms with Crippen molar-refractivity contribution >= 4 is 17.5 Å². The summed E-state index contributed by atoms with van der Waals surface area (Å²) in [5.41, 5.74) is 0.742. The molecule has 0 heterocycles. The SMILES string of the molecule is CCOc1ccccc1OCCSc1ccc(C(C)=O)cc1. The third-order valence-corrected chi connectivity index (χ3v) is 4.00. The van der Waals surface area contributed by atoms with Crippen LogP contribution in [0.4, 0.5) is 0 Å². The normalized spacial score (nSPS) is 10.3. The predicted molar refractivity (Wildman–Crippen MR) is 90.3 cm³/mol. The van der Waals surface area contributed by atoms with Gasteiger partial charge in [0.1, 0.15) is 0 Å². The zero-order valence-corrected chi connectivity index (χ0v) is 13.7. The Balaban J connectivity index is 1.81. The molecule has 0 aliphatic carbocycles. The van der Waals surface area contributed by atoms with E-state index in [9.17, 15) is 4.79 Å². The Morgan fingerprint density at radius 1 is 1.00 bits per heavy atom. The van der Waals surface area contributed by atoms with Gasteiger partial charge in [-0.2, -0.15) is 0 Å². The zero-order chi connectivity index (χ0) is 15.8. The quantitative estimate of drug-likeness (QED) is 0.409. The van der Waals surface area contributed by atoms with Crippen molar-refractivity contribution < 1.29 is 14.3 Å². The number of hydrogen-bond acceptors (Lipinski definition) is 4. The molecule has 0 atom stereocenters. The first-order valence-electron chi connectivity index (χ1n) is 7.29. The molecule has 116 valence electrons. The van der Waals surface area contributed by atoms with E-state index in [1.807, 2.05) is 55.5 Å². The molecule has 0 saturated heterocycles. The summed E-state index contributed by atoms with van der Waals surface area (Å²) in [5, 5.41) is 0. The van der Waals surface area contributed by atoms with Gasteiger partial charge in [-0.3, -0.25) is 4.79 Å². The van der Waals surface area contributed by atoms with Gasteiger partial charge >= 0.3 is 0 Å². The standard InChI is InChI=1S/C18H20O3S/c1-3-20-17-6-4-5-7-18(17)21-12-13-22-16-10-8-15(9-11-16)14(2)19/h4-11H,3,12-13H2,1-2H3. The molecule has 4 heteroatoms. The van der Waals surface area contributed by atoms with Gasteiger partial charge in [0, 0.05) is 16.2 Å². The average molecular weight is 316 g/mol. The third-order valence-electron chi connectivity index (χ3n) is 3.02. The summed E-state index contributed by atoms with van der Waals surface area (Å²) in [6.45, 7) is 4.75. The minimum atomic E-state index is 0.0902. The number of ketones is 1. The number of para-hydroxylation sites is 2. The van der Waals surface area contributed by atoms with Crippen LogP contribution in [-0.4, -0.2) is 24.7 Å². The third kappa shape index (κ3) is 4.81.